The Labute approximate surface area is 200 Å². The minimum absolute atomic E-state index is 0.201. The van der Waals surface area contributed by atoms with Crippen LogP contribution in [0, 0.1) is 6.92 Å². The number of benzene rings is 4. The number of carbonyl (C=O) groups excluding carboxylic acids is 2. The topological polar surface area (TPSA) is 67.8 Å². The molecule has 4 aromatic rings. The molecule has 4 aromatic carbocycles. The van der Waals surface area contributed by atoms with Crippen LogP contribution in [-0.4, -0.2) is 18.1 Å². The van der Waals surface area contributed by atoms with Crippen molar-refractivity contribution in [1.82, 2.24) is 5.43 Å². The van der Waals surface area contributed by atoms with Crippen molar-refractivity contribution >= 4 is 44.8 Å². The van der Waals surface area contributed by atoms with Crippen LogP contribution in [0.3, 0.4) is 0 Å². The molecule has 0 saturated heterocycles. The molecule has 5 nitrogen and oxygen atoms in total. The fraction of sp³-hybridized carbons (Fsp3) is 0.0741. The van der Waals surface area contributed by atoms with Gasteiger partial charge < -0.3 is 4.74 Å². The number of hydrazone groups is 1. The number of amides is 1. The van der Waals surface area contributed by atoms with E-state index in [0.29, 0.717) is 16.9 Å². The monoisotopic (exact) mass is 500 g/mol. The van der Waals surface area contributed by atoms with Crippen LogP contribution >= 0.6 is 15.9 Å². The highest BCUT2D eigenvalue weighted by Gasteiger charge is 2.13. The number of hydrogen-bond donors (Lipinski definition) is 1. The van der Waals surface area contributed by atoms with E-state index in [-0.39, 0.29) is 12.3 Å². The molecule has 164 valence electrons. The zero-order valence-corrected chi connectivity index (χ0v) is 19.5. The van der Waals surface area contributed by atoms with Gasteiger partial charge in [0.1, 0.15) is 5.75 Å². The second-order valence-corrected chi connectivity index (χ2v) is 8.41. The number of hydrogen-bond acceptors (Lipinski definition) is 4. The van der Waals surface area contributed by atoms with Crippen LogP contribution in [0.25, 0.3) is 10.8 Å². The van der Waals surface area contributed by atoms with E-state index in [1.54, 1.807) is 30.3 Å². The first-order valence-corrected chi connectivity index (χ1v) is 11.2. The van der Waals surface area contributed by atoms with E-state index >= 15 is 0 Å². The molecule has 0 radical (unpaired) electrons. The minimum Gasteiger partial charge on any atom is -0.422 e. The lowest BCUT2D eigenvalue weighted by Crippen LogP contribution is -2.20. The SMILES string of the molecule is Cc1ccccc1C(=O)Oc1ccc(Br)cc1C=NNC(=O)Cc1cccc2ccccc12. The Balaban J connectivity index is 1.46. The van der Waals surface area contributed by atoms with Crippen molar-refractivity contribution in [3.63, 3.8) is 0 Å². The maximum atomic E-state index is 12.6. The summed E-state index contributed by atoms with van der Waals surface area (Å²) in [6, 6.07) is 26.3. The summed E-state index contributed by atoms with van der Waals surface area (Å²) in [5.41, 5.74) is 5.36. The van der Waals surface area contributed by atoms with Crippen molar-refractivity contribution in [1.29, 1.82) is 0 Å². The fourth-order valence-corrected chi connectivity index (χ4v) is 3.88. The van der Waals surface area contributed by atoms with E-state index in [4.69, 9.17) is 4.74 Å². The van der Waals surface area contributed by atoms with Gasteiger partial charge in [0, 0.05) is 10.0 Å². The molecule has 4 rings (SSSR count). The lowest BCUT2D eigenvalue weighted by Gasteiger charge is -2.09. The van der Waals surface area contributed by atoms with E-state index in [1.165, 1.54) is 6.21 Å². The number of esters is 1. The number of halogens is 1. The second kappa shape index (κ2) is 10.2. The smallest absolute Gasteiger partial charge is 0.343 e. The standard InChI is InChI=1S/C27H21BrN2O3/c1-18-7-2-4-11-23(18)27(32)33-25-14-13-22(28)15-21(25)17-29-30-26(31)16-20-10-6-9-19-8-3-5-12-24(19)20/h2-15,17H,16H2,1H3,(H,30,31). The molecule has 33 heavy (non-hydrogen) atoms. The van der Waals surface area contributed by atoms with E-state index in [9.17, 15) is 9.59 Å². The average Bonchev–Trinajstić information content (AvgIpc) is 2.81. The molecule has 0 atom stereocenters. The molecule has 6 heteroatoms. The van der Waals surface area contributed by atoms with Gasteiger partial charge in [-0.2, -0.15) is 5.10 Å². The normalized spacial score (nSPS) is 11.0. The molecule has 0 fully saturated rings. The summed E-state index contributed by atoms with van der Waals surface area (Å²) in [4.78, 5) is 25.1. The van der Waals surface area contributed by atoms with E-state index < -0.39 is 5.97 Å². The number of aryl methyl sites for hydroxylation is 1. The van der Waals surface area contributed by atoms with Gasteiger partial charge in [0.15, 0.2) is 0 Å². The Kier molecular flexibility index (Phi) is 6.95. The second-order valence-electron chi connectivity index (χ2n) is 7.49. The van der Waals surface area contributed by atoms with Gasteiger partial charge in [-0.1, -0.05) is 76.6 Å². The summed E-state index contributed by atoms with van der Waals surface area (Å²) in [6.45, 7) is 1.85. The largest absolute Gasteiger partial charge is 0.422 e. The highest BCUT2D eigenvalue weighted by molar-refractivity contribution is 9.10. The summed E-state index contributed by atoms with van der Waals surface area (Å²) < 4.78 is 6.40. The Morgan fingerprint density at radius 2 is 1.73 bits per heavy atom. The average molecular weight is 501 g/mol. The third-order valence-corrected chi connectivity index (χ3v) is 5.66. The fourth-order valence-electron chi connectivity index (χ4n) is 3.50. The summed E-state index contributed by atoms with van der Waals surface area (Å²) in [7, 11) is 0. The van der Waals surface area contributed by atoms with Crippen LogP contribution in [0.2, 0.25) is 0 Å². The van der Waals surface area contributed by atoms with Crippen LogP contribution in [-0.2, 0) is 11.2 Å². The van der Waals surface area contributed by atoms with Crippen molar-refractivity contribution in [2.24, 2.45) is 5.10 Å². The van der Waals surface area contributed by atoms with Crippen LogP contribution in [0.4, 0.5) is 0 Å². The van der Waals surface area contributed by atoms with E-state index in [2.05, 4.69) is 26.5 Å². The Morgan fingerprint density at radius 1 is 0.970 bits per heavy atom. The maximum absolute atomic E-state index is 12.6. The lowest BCUT2D eigenvalue weighted by atomic mass is 10.0. The molecule has 0 spiro atoms. The van der Waals surface area contributed by atoms with Gasteiger partial charge in [-0.3, -0.25) is 4.79 Å². The van der Waals surface area contributed by atoms with Crippen LogP contribution in [0.1, 0.15) is 27.0 Å². The number of rotatable bonds is 6. The highest BCUT2D eigenvalue weighted by atomic mass is 79.9. The molecule has 0 unspecified atom stereocenters. The van der Waals surface area contributed by atoms with Gasteiger partial charge >= 0.3 is 5.97 Å². The molecule has 1 amide bonds. The van der Waals surface area contributed by atoms with Crippen molar-refractivity contribution < 1.29 is 14.3 Å². The van der Waals surface area contributed by atoms with Gasteiger partial charge in [0.2, 0.25) is 5.91 Å². The number of carbonyl (C=O) groups is 2. The molecular formula is C27H21BrN2O3. The first kappa shape index (κ1) is 22.4. The summed E-state index contributed by atoms with van der Waals surface area (Å²) in [5.74, 6) is -0.348. The number of nitrogens with one attached hydrogen (secondary N) is 1. The van der Waals surface area contributed by atoms with Crippen molar-refractivity contribution in [2.45, 2.75) is 13.3 Å². The molecule has 0 heterocycles. The van der Waals surface area contributed by atoms with Gasteiger partial charge in [0.25, 0.3) is 0 Å². The molecule has 0 bridgehead atoms. The third-order valence-electron chi connectivity index (χ3n) is 5.16. The van der Waals surface area contributed by atoms with Crippen LogP contribution in [0.15, 0.2) is 94.5 Å². The van der Waals surface area contributed by atoms with E-state index in [0.717, 1.165) is 26.4 Å². The maximum Gasteiger partial charge on any atom is 0.343 e. The van der Waals surface area contributed by atoms with Crippen molar-refractivity contribution in [2.75, 3.05) is 0 Å². The van der Waals surface area contributed by atoms with Gasteiger partial charge in [-0.15, -0.1) is 0 Å². The lowest BCUT2D eigenvalue weighted by molar-refractivity contribution is -0.120. The van der Waals surface area contributed by atoms with E-state index in [1.807, 2.05) is 61.5 Å². The Morgan fingerprint density at radius 3 is 2.58 bits per heavy atom. The minimum atomic E-state index is -0.454. The van der Waals surface area contributed by atoms with Crippen LogP contribution < -0.4 is 10.2 Å². The molecule has 0 aromatic heterocycles. The zero-order valence-electron chi connectivity index (χ0n) is 17.9. The summed E-state index contributed by atoms with van der Waals surface area (Å²) in [6.07, 6.45) is 1.67. The number of nitrogens with zero attached hydrogens (tertiary/aromatic N) is 1. The van der Waals surface area contributed by atoms with Gasteiger partial charge in [0.05, 0.1) is 18.2 Å². The third kappa shape index (κ3) is 5.54. The Hall–Kier alpha value is -3.77. The molecule has 0 aliphatic heterocycles. The first-order valence-electron chi connectivity index (χ1n) is 10.4. The van der Waals surface area contributed by atoms with Gasteiger partial charge in [-0.25, -0.2) is 10.2 Å². The van der Waals surface area contributed by atoms with Crippen molar-refractivity contribution in [3.8, 4) is 5.75 Å². The quantitative estimate of drug-likeness (QED) is 0.157. The van der Waals surface area contributed by atoms with Crippen molar-refractivity contribution in [3.05, 3.63) is 112 Å². The zero-order chi connectivity index (χ0) is 23.2. The molecular weight excluding hydrogens is 480 g/mol. The predicted molar refractivity (Wildman–Crippen MR) is 134 cm³/mol. The molecule has 0 aliphatic rings. The molecule has 1 N–H and O–H groups in total. The number of fused-ring (bicyclic) bond motifs is 1. The van der Waals surface area contributed by atoms with Crippen LogP contribution in [0.5, 0.6) is 5.75 Å². The summed E-state index contributed by atoms with van der Waals surface area (Å²) >= 11 is 3.42. The predicted octanol–water partition coefficient (Wildman–Crippen LogP) is 5.82. The summed E-state index contributed by atoms with van der Waals surface area (Å²) in [5, 5.41) is 6.20. The number of ether oxygens (including phenoxy) is 1. The van der Waals surface area contributed by atoms with Gasteiger partial charge in [-0.05, 0) is 53.1 Å². The molecule has 0 saturated carbocycles. The first-order chi connectivity index (χ1) is 16.0. The highest BCUT2D eigenvalue weighted by Crippen LogP contribution is 2.23. The molecule has 0 aliphatic carbocycles. The Bertz CT molecular complexity index is 1360.